The van der Waals surface area contributed by atoms with Crippen molar-refractivity contribution in [1.82, 2.24) is 0 Å². The summed E-state index contributed by atoms with van der Waals surface area (Å²) in [6.07, 6.45) is 4.20. The highest BCUT2D eigenvalue weighted by molar-refractivity contribution is 7.99. The Kier molecular flexibility index (Phi) is 7.49. The minimum atomic E-state index is 0.729. The van der Waals surface area contributed by atoms with Gasteiger partial charge in [-0.05, 0) is 61.1 Å². The standard InChI is InChI=1S/C18H20Cl2S/c19-13-1-3-15-5-9-17(10-6-15)21-18-11-7-16(8-12-18)4-2-14-20/h5-12H,1-4,13-14H2. The monoisotopic (exact) mass is 338 g/mol. The van der Waals surface area contributed by atoms with Crippen molar-refractivity contribution in [1.29, 1.82) is 0 Å². The smallest absolute Gasteiger partial charge is 0.0226 e. The zero-order valence-electron chi connectivity index (χ0n) is 12.0. The molecule has 0 N–H and O–H groups in total. The highest BCUT2D eigenvalue weighted by atomic mass is 35.5. The average Bonchev–Trinajstić information content (AvgIpc) is 2.53. The minimum absolute atomic E-state index is 0.729. The van der Waals surface area contributed by atoms with Crippen LogP contribution in [0.15, 0.2) is 58.3 Å². The highest BCUT2D eigenvalue weighted by Crippen LogP contribution is 2.28. The Morgan fingerprint density at radius 2 is 1.00 bits per heavy atom. The van der Waals surface area contributed by atoms with Crippen molar-refractivity contribution >= 4 is 35.0 Å². The van der Waals surface area contributed by atoms with E-state index in [2.05, 4.69) is 48.5 Å². The van der Waals surface area contributed by atoms with Crippen LogP contribution in [-0.4, -0.2) is 11.8 Å². The summed E-state index contributed by atoms with van der Waals surface area (Å²) in [6, 6.07) is 17.6. The van der Waals surface area contributed by atoms with Crippen molar-refractivity contribution in [2.45, 2.75) is 35.5 Å². The fourth-order valence-corrected chi connectivity index (χ4v) is 3.21. The molecule has 0 bridgehead atoms. The number of hydrogen-bond acceptors (Lipinski definition) is 1. The van der Waals surface area contributed by atoms with Crippen LogP contribution in [0.3, 0.4) is 0 Å². The second kappa shape index (κ2) is 9.40. The van der Waals surface area contributed by atoms with Crippen LogP contribution in [0.4, 0.5) is 0 Å². The molecule has 2 aromatic carbocycles. The normalized spacial score (nSPS) is 10.8. The van der Waals surface area contributed by atoms with Gasteiger partial charge >= 0.3 is 0 Å². The van der Waals surface area contributed by atoms with E-state index in [1.165, 1.54) is 20.9 Å². The first-order valence-electron chi connectivity index (χ1n) is 7.29. The predicted molar refractivity (Wildman–Crippen MR) is 95.1 cm³/mol. The number of alkyl halides is 2. The molecule has 0 aromatic heterocycles. The zero-order chi connectivity index (χ0) is 14.9. The first kappa shape index (κ1) is 16.7. The fraction of sp³-hybridized carbons (Fsp3) is 0.333. The van der Waals surface area contributed by atoms with E-state index < -0.39 is 0 Å². The van der Waals surface area contributed by atoms with Crippen LogP contribution in [0.5, 0.6) is 0 Å². The lowest BCUT2D eigenvalue weighted by Crippen LogP contribution is -1.86. The van der Waals surface area contributed by atoms with Crippen molar-refractivity contribution < 1.29 is 0 Å². The summed E-state index contributed by atoms with van der Waals surface area (Å²) < 4.78 is 0. The number of benzene rings is 2. The number of rotatable bonds is 8. The fourth-order valence-electron chi connectivity index (χ4n) is 2.13. The van der Waals surface area contributed by atoms with Crippen LogP contribution in [0.25, 0.3) is 0 Å². The van der Waals surface area contributed by atoms with E-state index in [1.807, 2.05) is 0 Å². The average molecular weight is 339 g/mol. The Balaban J connectivity index is 1.91. The quantitative estimate of drug-likeness (QED) is 0.517. The third kappa shape index (κ3) is 5.94. The highest BCUT2D eigenvalue weighted by Gasteiger charge is 1.99. The first-order valence-corrected chi connectivity index (χ1v) is 9.18. The molecule has 112 valence electrons. The number of aryl methyl sites for hydroxylation is 2. The maximum Gasteiger partial charge on any atom is 0.0226 e. The predicted octanol–water partition coefficient (Wildman–Crippen LogP) is 6.18. The third-order valence-corrected chi connectivity index (χ3v) is 4.83. The molecule has 0 spiro atoms. The summed E-state index contributed by atoms with van der Waals surface area (Å²) >= 11 is 13.2. The molecule has 0 atom stereocenters. The van der Waals surface area contributed by atoms with Gasteiger partial charge in [0.25, 0.3) is 0 Å². The molecule has 2 aromatic rings. The van der Waals surface area contributed by atoms with Gasteiger partial charge in [0.1, 0.15) is 0 Å². The zero-order valence-corrected chi connectivity index (χ0v) is 14.4. The van der Waals surface area contributed by atoms with Gasteiger partial charge in [0.2, 0.25) is 0 Å². The Morgan fingerprint density at radius 1 is 0.619 bits per heavy atom. The summed E-state index contributed by atoms with van der Waals surface area (Å²) in [4.78, 5) is 2.55. The van der Waals surface area contributed by atoms with Crippen molar-refractivity contribution in [2.24, 2.45) is 0 Å². The molecule has 0 saturated heterocycles. The number of halogens is 2. The van der Waals surface area contributed by atoms with Gasteiger partial charge in [-0.1, -0.05) is 36.0 Å². The van der Waals surface area contributed by atoms with Gasteiger partial charge in [-0.15, -0.1) is 23.2 Å². The molecule has 0 aliphatic heterocycles. The molecule has 0 unspecified atom stereocenters. The Labute approximate surface area is 141 Å². The third-order valence-electron chi connectivity index (χ3n) is 3.28. The maximum atomic E-state index is 5.72. The van der Waals surface area contributed by atoms with Crippen molar-refractivity contribution in [2.75, 3.05) is 11.8 Å². The van der Waals surface area contributed by atoms with Gasteiger partial charge < -0.3 is 0 Å². The molecule has 0 aliphatic rings. The molecule has 3 heteroatoms. The topological polar surface area (TPSA) is 0 Å². The number of hydrogen-bond donors (Lipinski definition) is 0. The lowest BCUT2D eigenvalue weighted by atomic mass is 10.1. The van der Waals surface area contributed by atoms with Crippen LogP contribution in [0, 0.1) is 0 Å². The van der Waals surface area contributed by atoms with Crippen LogP contribution in [0.2, 0.25) is 0 Å². The molecule has 21 heavy (non-hydrogen) atoms. The first-order chi connectivity index (χ1) is 10.3. The largest absolute Gasteiger partial charge is 0.127 e. The lowest BCUT2D eigenvalue weighted by Gasteiger charge is -2.05. The van der Waals surface area contributed by atoms with Crippen LogP contribution >= 0.6 is 35.0 Å². The van der Waals surface area contributed by atoms with E-state index in [0.29, 0.717) is 0 Å². The second-order valence-corrected chi connectivity index (χ2v) is 6.88. The van der Waals surface area contributed by atoms with Gasteiger partial charge in [-0.25, -0.2) is 0 Å². The van der Waals surface area contributed by atoms with Gasteiger partial charge in [0.15, 0.2) is 0 Å². The summed E-state index contributed by atoms with van der Waals surface area (Å²) in [5, 5.41) is 0. The van der Waals surface area contributed by atoms with E-state index in [-0.39, 0.29) is 0 Å². The van der Waals surface area contributed by atoms with Gasteiger partial charge in [-0.3, -0.25) is 0 Å². The minimum Gasteiger partial charge on any atom is -0.127 e. The van der Waals surface area contributed by atoms with E-state index in [0.717, 1.165) is 37.4 Å². The molecule has 0 nitrogen and oxygen atoms in total. The van der Waals surface area contributed by atoms with E-state index in [1.54, 1.807) is 11.8 Å². The summed E-state index contributed by atoms with van der Waals surface area (Å²) in [6.45, 7) is 0. The lowest BCUT2D eigenvalue weighted by molar-refractivity contribution is 0.926. The molecule has 0 amide bonds. The Bertz CT molecular complexity index is 470. The van der Waals surface area contributed by atoms with Gasteiger partial charge in [0.05, 0.1) is 0 Å². The molecule has 0 heterocycles. The van der Waals surface area contributed by atoms with E-state index >= 15 is 0 Å². The summed E-state index contributed by atoms with van der Waals surface area (Å²) in [5.41, 5.74) is 2.72. The summed E-state index contributed by atoms with van der Waals surface area (Å²) in [5.74, 6) is 1.46. The van der Waals surface area contributed by atoms with Crippen molar-refractivity contribution in [3.8, 4) is 0 Å². The van der Waals surface area contributed by atoms with E-state index in [4.69, 9.17) is 23.2 Å². The van der Waals surface area contributed by atoms with E-state index in [9.17, 15) is 0 Å². The van der Waals surface area contributed by atoms with Crippen LogP contribution in [-0.2, 0) is 12.8 Å². The Morgan fingerprint density at radius 3 is 1.33 bits per heavy atom. The van der Waals surface area contributed by atoms with Crippen LogP contribution in [0.1, 0.15) is 24.0 Å². The van der Waals surface area contributed by atoms with Crippen molar-refractivity contribution in [3.63, 3.8) is 0 Å². The molecule has 0 fully saturated rings. The van der Waals surface area contributed by atoms with Gasteiger partial charge in [0, 0.05) is 21.6 Å². The maximum absolute atomic E-state index is 5.72. The summed E-state index contributed by atoms with van der Waals surface area (Å²) in [7, 11) is 0. The molecule has 0 saturated carbocycles. The molecule has 0 aliphatic carbocycles. The second-order valence-electron chi connectivity index (χ2n) is 4.98. The van der Waals surface area contributed by atoms with Crippen molar-refractivity contribution in [3.05, 3.63) is 59.7 Å². The molecule has 0 radical (unpaired) electrons. The Hall–Kier alpha value is -0.630. The van der Waals surface area contributed by atoms with Crippen LogP contribution < -0.4 is 0 Å². The molecular weight excluding hydrogens is 319 g/mol. The van der Waals surface area contributed by atoms with Gasteiger partial charge in [-0.2, -0.15) is 0 Å². The molecular formula is C18H20Cl2S. The molecule has 2 rings (SSSR count). The SMILES string of the molecule is ClCCCc1ccc(Sc2ccc(CCCCl)cc2)cc1.